The van der Waals surface area contributed by atoms with E-state index in [1.54, 1.807) is 4.90 Å². The smallest absolute Gasteiger partial charge is 0.409 e. The summed E-state index contributed by atoms with van der Waals surface area (Å²) >= 11 is 0. The van der Waals surface area contributed by atoms with Crippen LogP contribution in [0.25, 0.3) is 0 Å². The maximum Gasteiger partial charge on any atom is 0.409 e. The Labute approximate surface area is 114 Å². The van der Waals surface area contributed by atoms with E-state index >= 15 is 0 Å². The van der Waals surface area contributed by atoms with E-state index in [9.17, 15) is 9.59 Å². The molecule has 5 nitrogen and oxygen atoms in total. The van der Waals surface area contributed by atoms with Crippen molar-refractivity contribution in [3.8, 4) is 0 Å². The second kappa shape index (κ2) is 6.26. The Hall–Kier alpha value is -1.26. The van der Waals surface area contributed by atoms with Crippen LogP contribution < -0.4 is 0 Å². The Balaban J connectivity index is 1.81. The number of methoxy groups -OCH3 is 1. The molecule has 0 aromatic carbocycles. The van der Waals surface area contributed by atoms with Gasteiger partial charge in [-0.05, 0) is 31.6 Å². The van der Waals surface area contributed by atoms with Crippen LogP contribution in [0.1, 0.15) is 32.6 Å². The fraction of sp³-hybridized carbons (Fsp3) is 0.857. The molecular weight excluding hydrogens is 244 g/mol. The number of rotatable bonds is 1. The summed E-state index contributed by atoms with van der Waals surface area (Å²) in [6, 6.07) is 0. The highest BCUT2D eigenvalue weighted by Crippen LogP contribution is 2.23. The van der Waals surface area contributed by atoms with Gasteiger partial charge in [-0.2, -0.15) is 0 Å². The molecule has 0 spiro atoms. The molecule has 2 aliphatic heterocycles. The quantitative estimate of drug-likeness (QED) is 0.727. The minimum absolute atomic E-state index is 0.0920. The van der Waals surface area contributed by atoms with E-state index in [-0.39, 0.29) is 17.9 Å². The van der Waals surface area contributed by atoms with Crippen LogP contribution in [-0.2, 0) is 9.53 Å². The first kappa shape index (κ1) is 14.2. The van der Waals surface area contributed by atoms with Gasteiger partial charge in [0.15, 0.2) is 0 Å². The van der Waals surface area contributed by atoms with E-state index in [1.807, 2.05) is 4.90 Å². The van der Waals surface area contributed by atoms with Crippen molar-refractivity contribution in [2.24, 2.45) is 11.8 Å². The number of likely N-dealkylation sites (tertiary alicyclic amines) is 2. The maximum atomic E-state index is 12.4. The number of hydrogen-bond acceptors (Lipinski definition) is 3. The van der Waals surface area contributed by atoms with E-state index in [2.05, 4.69) is 6.92 Å². The molecule has 2 aliphatic rings. The molecule has 0 aromatic heterocycles. The summed E-state index contributed by atoms with van der Waals surface area (Å²) < 4.78 is 4.71. The first-order chi connectivity index (χ1) is 9.11. The van der Waals surface area contributed by atoms with Crippen molar-refractivity contribution < 1.29 is 14.3 Å². The molecule has 2 heterocycles. The summed E-state index contributed by atoms with van der Waals surface area (Å²) in [5.41, 5.74) is 0. The molecule has 108 valence electrons. The van der Waals surface area contributed by atoms with E-state index in [1.165, 1.54) is 7.11 Å². The molecule has 0 radical (unpaired) electrons. The summed E-state index contributed by atoms with van der Waals surface area (Å²) in [4.78, 5) is 27.5. The Kier molecular flexibility index (Phi) is 4.66. The number of ether oxygens (including phenoxy) is 1. The van der Waals surface area contributed by atoms with E-state index in [0.717, 1.165) is 44.7 Å². The number of carbonyl (C=O) groups excluding carboxylic acids is 2. The predicted octanol–water partition coefficient (Wildman–Crippen LogP) is 1.72. The van der Waals surface area contributed by atoms with E-state index < -0.39 is 0 Å². The topological polar surface area (TPSA) is 49.9 Å². The van der Waals surface area contributed by atoms with Gasteiger partial charge in [0.25, 0.3) is 0 Å². The molecule has 0 atom stereocenters. The summed E-state index contributed by atoms with van der Waals surface area (Å²) in [7, 11) is 1.40. The Morgan fingerprint density at radius 3 is 2.00 bits per heavy atom. The Morgan fingerprint density at radius 1 is 0.947 bits per heavy atom. The largest absolute Gasteiger partial charge is 0.453 e. The first-order valence-electron chi connectivity index (χ1n) is 7.23. The van der Waals surface area contributed by atoms with Crippen molar-refractivity contribution in [2.75, 3.05) is 33.3 Å². The minimum atomic E-state index is -0.280. The Morgan fingerprint density at radius 2 is 1.47 bits per heavy atom. The third-order valence-corrected chi connectivity index (χ3v) is 4.37. The average Bonchev–Trinajstić information content (AvgIpc) is 2.46. The molecule has 0 N–H and O–H groups in total. The van der Waals surface area contributed by atoms with Crippen LogP contribution in [0.4, 0.5) is 4.79 Å². The molecular formula is C14H24N2O3. The lowest BCUT2D eigenvalue weighted by Crippen LogP contribution is -2.46. The van der Waals surface area contributed by atoms with Crippen molar-refractivity contribution in [1.82, 2.24) is 9.80 Å². The summed E-state index contributed by atoms with van der Waals surface area (Å²) in [6.07, 6.45) is 3.48. The summed E-state index contributed by atoms with van der Waals surface area (Å²) in [5, 5.41) is 0. The predicted molar refractivity (Wildman–Crippen MR) is 71.7 cm³/mol. The van der Waals surface area contributed by atoms with Crippen LogP contribution in [-0.4, -0.2) is 55.1 Å². The zero-order chi connectivity index (χ0) is 13.8. The molecule has 0 unspecified atom stereocenters. The lowest BCUT2D eigenvalue weighted by atomic mass is 9.93. The van der Waals surface area contributed by atoms with Crippen LogP contribution in [0.15, 0.2) is 0 Å². The zero-order valence-corrected chi connectivity index (χ0v) is 11.9. The van der Waals surface area contributed by atoms with Crippen molar-refractivity contribution in [1.29, 1.82) is 0 Å². The van der Waals surface area contributed by atoms with Gasteiger partial charge in [0.2, 0.25) is 5.91 Å². The number of carbonyl (C=O) groups is 2. The van der Waals surface area contributed by atoms with Gasteiger partial charge in [-0.15, -0.1) is 0 Å². The van der Waals surface area contributed by atoms with Gasteiger partial charge in [-0.25, -0.2) is 4.79 Å². The monoisotopic (exact) mass is 268 g/mol. The van der Waals surface area contributed by atoms with Crippen LogP contribution in [0, 0.1) is 11.8 Å². The summed E-state index contributed by atoms with van der Waals surface area (Å²) in [6.45, 7) is 5.31. The molecule has 0 saturated carbocycles. The second-order valence-electron chi connectivity index (χ2n) is 5.74. The Bertz CT molecular complexity index is 330. The third kappa shape index (κ3) is 3.39. The highest BCUT2D eigenvalue weighted by molar-refractivity contribution is 5.79. The van der Waals surface area contributed by atoms with Crippen molar-refractivity contribution in [3.05, 3.63) is 0 Å². The number of piperidine rings is 2. The molecule has 19 heavy (non-hydrogen) atoms. The highest BCUT2D eigenvalue weighted by atomic mass is 16.5. The number of nitrogens with zero attached hydrogens (tertiary/aromatic N) is 2. The minimum Gasteiger partial charge on any atom is -0.453 e. The van der Waals surface area contributed by atoms with Crippen LogP contribution in [0.5, 0.6) is 0 Å². The molecule has 2 fully saturated rings. The van der Waals surface area contributed by atoms with Gasteiger partial charge in [0.1, 0.15) is 0 Å². The van der Waals surface area contributed by atoms with E-state index in [0.29, 0.717) is 13.1 Å². The molecule has 2 saturated heterocycles. The lowest BCUT2D eigenvalue weighted by molar-refractivity contribution is -0.138. The lowest BCUT2D eigenvalue weighted by Gasteiger charge is -2.36. The second-order valence-corrected chi connectivity index (χ2v) is 5.74. The maximum absolute atomic E-state index is 12.4. The average molecular weight is 268 g/mol. The standard InChI is InChI=1S/C14H24N2O3/c1-11-3-7-15(8-4-11)13(17)12-5-9-16(10-6-12)14(18)19-2/h11-12H,3-10H2,1-2H3. The van der Waals surface area contributed by atoms with Gasteiger partial charge in [0.05, 0.1) is 7.11 Å². The van der Waals surface area contributed by atoms with Crippen LogP contribution >= 0.6 is 0 Å². The fourth-order valence-corrected chi connectivity index (χ4v) is 2.93. The van der Waals surface area contributed by atoms with Gasteiger partial charge >= 0.3 is 6.09 Å². The van der Waals surface area contributed by atoms with E-state index in [4.69, 9.17) is 4.74 Å². The molecule has 0 bridgehead atoms. The third-order valence-electron chi connectivity index (χ3n) is 4.37. The number of amides is 2. The zero-order valence-electron chi connectivity index (χ0n) is 11.9. The van der Waals surface area contributed by atoms with Gasteiger partial charge in [-0.1, -0.05) is 6.92 Å². The molecule has 2 rings (SSSR count). The van der Waals surface area contributed by atoms with Gasteiger partial charge < -0.3 is 14.5 Å². The van der Waals surface area contributed by atoms with Crippen molar-refractivity contribution in [2.45, 2.75) is 32.6 Å². The molecule has 0 aliphatic carbocycles. The van der Waals surface area contributed by atoms with Gasteiger partial charge in [-0.3, -0.25) is 4.79 Å². The van der Waals surface area contributed by atoms with Crippen LogP contribution in [0.2, 0.25) is 0 Å². The van der Waals surface area contributed by atoms with Gasteiger partial charge in [0, 0.05) is 32.1 Å². The SMILES string of the molecule is COC(=O)N1CCC(C(=O)N2CCC(C)CC2)CC1. The van der Waals surface area contributed by atoms with Crippen molar-refractivity contribution in [3.63, 3.8) is 0 Å². The normalized spacial score (nSPS) is 22.4. The highest BCUT2D eigenvalue weighted by Gasteiger charge is 2.31. The fourth-order valence-electron chi connectivity index (χ4n) is 2.93. The molecule has 5 heteroatoms. The first-order valence-corrected chi connectivity index (χ1v) is 7.23. The molecule has 0 aromatic rings. The van der Waals surface area contributed by atoms with Crippen molar-refractivity contribution >= 4 is 12.0 Å². The number of hydrogen-bond donors (Lipinski definition) is 0. The summed E-state index contributed by atoms with van der Waals surface area (Å²) in [5.74, 6) is 1.12. The molecule has 2 amide bonds. The van der Waals surface area contributed by atoms with Crippen LogP contribution in [0.3, 0.4) is 0 Å².